The molecule has 0 aliphatic heterocycles. The van der Waals surface area contributed by atoms with Crippen LogP contribution in [0.15, 0.2) is 72.8 Å². The molecule has 0 bridgehead atoms. The minimum absolute atomic E-state index is 0.0475. The number of rotatable bonds is 5. The summed E-state index contributed by atoms with van der Waals surface area (Å²) in [5, 5.41) is 12.1. The van der Waals surface area contributed by atoms with Crippen molar-refractivity contribution in [1.82, 2.24) is 0 Å². The van der Waals surface area contributed by atoms with E-state index >= 15 is 0 Å². The number of nitrogens with zero attached hydrogens (tertiary/aromatic N) is 2. The van der Waals surface area contributed by atoms with Gasteiger partial charge >= 0.3 is 0 Å². The zero-order valence-corrected chi connectivity index (χ0v) is 15.4. The van der Waals surface area contributed by atoms with E-state index in [0.717, 1.165) is 16.7 Å². The molecule has 0 saturated carbocycles. The Hall–Kier alpha value is -2.85. The first-order chi connectivity index (χ1) is 12.5. The molecule has 0 aliphatic carbocycles. The van der Waals surface area contributed by atoms with Crippen LogP contribution in [-0.4, -0.2) is 19.0 Å². The van der Waals surface area contributed by atoms with Gasteiger partial charge in [-0.25, -0.2) is 0 Å². The van der Waals surface area contributed by atoms with Gasteiger partial charge in [-0.2, -0.15) is 0 Å². The lowest BCUT2D eigenvalue weighted by Gasteiger charge is -2.22. The van der Waals surface area contributed by atoms with Crippen molar-refractivity contribution in [2.45, 2.75) is 5.92 Å². The molecule has 0 saturated heterocycles. The summed E-state index contributed by atoms with van der Waals surface area (Å²) in [6, 6.07) is 23.1. The van der Waals surface area contributed by atoms with E-state index in [0.29, 0.717) is 10.7 Å². The van der Waals surface area contributed by atoms with Gasteiger partial charge < -0.3 is 4.90 Å². The van der Waals surface area contributed by atoms with Crippen molar-refractivity contribution in [1.29, 1.82) is 0 Å². The van der Waals surface area contributed by atoms with Crippen molar-refractivity contribution in [3.05, 3.63) is 105 Å². The van der Waals surface area contributed by atoms with E-state index in [1.54, 1.807) is 31.1 Å². The normalized spacial score (nSPS) is 10.8. The quantitative estimate of drug-likeness (QED) is 0.340. The van der Waals surface area contributed by atoms with Crippen LogP contribution in [0, 0.1) is 10.1 Å². The van der Waals surface area contributed by atoms with Crippen molar-refractivity contribution in [2.75, 3.05) is 19.0 Å². The van der Waals surface area contributed by atoms with Crippen LogP contribution in [0.25, 0.3) is 0 Å². The first-order valence-corrected chi connectivity index (χ1v) is 8.62. The second-order valence-corrected chi connectivity index (χ2v) is 6.68. The monoisotopic (exact) mass is 366 g/mol. The van der Waals surface area contributed by atoms with Gasteiger partial charge in [0, 0.05) is 31.1 Å². The van der Waals surface area contributed by atoms with Gasteiger partial charge in [0.05, 0.1) is 4.92 Å². The second kappa shape index (κ2) is 7.58. The van der Waals surface area contributed by atoms with Crippen molar-refractivity contribution in [3.63, 3.8) is 0 Å². The highest BCUT2D eigenvalue weighted by Gasteiger charge is 2.25. The summed E-state index contributed by atoms with van der Waals surface area (Å²) in [5.74, 6) is -0.181. The number of nitro groups is 1. The molecule has 3 aromatic rings. The molecule has 0 fully saturated rings. The molecule has 3 rings (SSSR count). The molecule has 0 amide bonds. The SMILES string of the molecule is CN(C)c1cc(Cl)c(C(c2ccccc2)c2ccccc2)cc1[N+](=O)[O-]. The third-order valence-corrected chi connectivity index (χ3v) is 4.68. The van der Waals surface area contributed by atoms with Crippen LogP contribution in [0.2, 0.25) is 5.02 Å². The van der Waals surface area contributed by atoms with Crippen molar-refractivity contribution < 1.29 is 4.92 Å². The molecule has 26 heavy (non-hydrogen) atoms. The summed E-state index contributed by atoms with van der Waals surface area (Å²) in [6.45, 7) is 0. The van der Waals surface area contributed by atoms with Gasteiger partial charge in [-0.05, 0) is 22.8 Å². The Kier molecular flexibility index (Phi) is 5.24. The molecule has 5 heteroatoms. The fourth-order valence-corrected chi connectivity index (χ4v) is 3.40. The standard InChI is InChI=1S/C21H19ClN2O2/c1-23(2)19-14-18(22)17(13-20(19)24(25)26)21(15-9-5-3-6-10-15)16-11-7-4-8-12-16/h3-14,21H,1-2H3. The number of anilines is 1. The molecule has 4 nitrogen and oxygen atoms in total. The molecule has 0 heterocycles. The minimum Gasteiger partial charge on any atom is -0.372 e. The third-order valence-electron chi connectivity index (χ3n) is 4.35. The summed E-state index contributed by atoms with van der Waals surface area (Å²) in [7, 11) is 3.54. The van der Waals surface area contributed by atoms with Gasteiger partial charge in [0.1, 0.15) is 5.69 Å². The summed E-state index contributed by atoms with van der Waals surface area (Å²) >= 11 is 6.60. The van der Waals surface area contributed by atoms with E-state index in [1.165, 1.54) is 0 Å². The Morgan fingerprint density at radius 2 is 1.42 bits per heavy atom. The van der Waals surface area contributed by atoms with Crippen LogP contribution in [0.3, 0.4) is 0 Å². The third kappa shape index (κ3) is 3.55. The van der Waals surface area contributed by atoms with Crippen LogP contribution < -0.4 is 4.90 Å². The topological polar surface area (TPSA) is 46.4 Å². The Bertz CT molecular complexity index is 873. The summed E-state index contributed by atoms with van der Waals surface area (Å²) in [5.41, 5.74) is 3.33. The predicted octanol–water partition coefficient (Wildman–Crippen LogP) is 5.49. The molecule has 0 radical (unpaired) electrons. The van der Waals surface area contributed by atoms with Crippen LogP contribution in [0.1, 0.15) is 22.6 Å². The Balaban J connectivity index is 2.25. The molecule has 3 aromatic carbocycles. The van der Waals surface area contributed by atoms with Crippen LogP contribution in [0.5, 0.6) is 0 Å². The average Bonchev–Trinajstić information content (AvgIpc) is 2.64. The molecule has 0 spiro atoms. The fraction of sp³-hybridized carbons (Fsp3) is 0.143. The van der Waals surface area contributed by atoms with Crippen molar-refractivity contribution in [2.24, 2.45) is 0 Å². The molecule has 0 aliphatic rings. The van der Waals surface area contributed by atoms with E-state index in [9.17, 15) is 10.1 Å². The number of hydrogen-bond donors (Lipinski definition) is 0. The molecule has 0 aromatic heterocycles. The maximum Gasteiger partial charge on any atom is 0.292 e. The highest BCUT2D eigenvalue weighted by atomic mass is 35.5. The molecule has 132 valence electrons. The number of benzene rings is 3. The number of nitro benzene ring substituents is 1. The Morgan fingerprint density at radius 3 is 1.85 bits per heavy atom. The fourth-order valence-electron chi connectivity index (χ4n) is 3.14. The Morgan fingerprint density at radius 1 is 0.923 bits per heavy atom. The number of hydrogen-bond acceptors (Lipinski definition) is 3. The van der Waals surface area contributed by atoms with Crippen molar-refractivity contribution in [3.8, 4) is 0 Å². The molecule has 0 N–H and O–H groups in total. The van der Waals surface area contributed by atoms with E-state index < -0.39 is 0 Å². The summed E-state index contributed by atoms with van der Waals surface area (Å²) in [6.07, 6.45) is 0. The largest absolute Gasteiger partial charge is 0.372 e. The Labute approximate surface area is 157 Å². The van der Waals surface area contributed by atoms with Gasteiger partial charge in [-0.3, -0.25) is 10.1 Å². The lowest BCUT2D eigenvalue weighted by Crippen LogP contribution is -2.12. The van der Waals surface area contributed by atoms with Gasteiger partial charge in [-0.1, -0.05) is 72.3 Å². The van der Waals surface area contributed by atoms with E-state index in [4.69, 9.17) is 11.6 Å². The zero-order valence-electron chi connectivity index (χ0n) is 14.6. The van der Waals surface area contributed by atoms with E-state index in [2.05, 4.69) is 0 Å². The first-order valence-electron chi connectivity index (χ1n) is 8.24. The van der Waals surface area contributed by atoms with Crippen molar-refractivity contribution >= 4 is 23.0 Å². The lowest BCUT2D eigenvalue weighted by molar-refractivity contribution is -0.384. The maximum absolute atomic E-state index is 11.6. The van der Waals surface area contributed by atoms with Crippen LogP contribution >= 0.6 is 11.6 Å². The zero-order chi connectivity index (χ0) is 18.7. The lowest BCUT2D eigenvalue weighted by atomic mass is 9.85. The molecular weight excluding hydrogens is 348 g/mol. The van der Waals surface area contributed by atoms with Gasteiger partial charge in [-0.15, -0.1) is 0 Å². The summed E-state index contributed by atoms with van der Waals surface area (Å²) in [4.78, 5) is 13.0. The van der Waals surface area contributed by atoms with E-state index in [1.807, 2.05) is 60.7 Å². The highest BCUT2D eigenvalue weighted by Crippen LogP contribution is 2.41. The smallest absolute Gasteiger partial charge is 0.292 e. The first kappa shape index (κ1) is 18.0. The predicted molar refractivity (Wildman–Crippen MR) is 106 cm³/mol. The second-order valence-electron chi connectivity index (χ2n) is 6.27. The molecule has 0 atom stereocenters. The van der Waals surface area contributed by atoms with Crippen LogP contribution in [-0.2, 0) is 0 Å². The molecule has 0 unspecified atom stereocenters. The highest BCUT2D eigenvalue weighted by molar-refractivity contribution is 6.32. The summed E-state index contributed by atoms with van der Waals surface area (Å²) < 4.78 is 0. The van der Waals surface area contributed by atoms with E-state index in [-0.39, 0.29) is 16.5 Å². The number of halogens is 1. The maximum atomic E-state index is 11.6. The van der Waals surface area contributed by atoms with Gasteiger partial charge in [0.15, 0.2) is 0 Å². The van der Waals surface area contributed by atoms with Gasteiger partial charge in [0.2, 0.25) is 0 Å². The molecular formula is C21H19ClN2O2. The van der Waals surface area contributed by atoms with Crippen LogP contribution in [0.4, 0.5) is 11.4 Å². The minimum atomic E-state index is -0.359. The van der Waals surface area contributed by atoms with Gasteiger partial charge in [0.25, 0.3) is 5.69 Å². The average molecular weight is 367 g/mol.